The summed E-state index contributed by atoms with van der Waals surface area (Å²) in [5, 5.41) is 8.64. The number of nitrogens with one attached hydrogen (secondary N) is 1. The van der Waals surface area contributed by atoms with Crippen molar-refractivity contribution >= 4 is 27.6 Å². The van der Waals surface area contributed by atoms with E-state index < -0.39 is 32.3 Å². The van der Waals surface area contributed by atoms with E-state index in [0.717, 1.165) is 12.1 Å². The van der Waals surface area contributed by atoms with Gasteiger partial charge >= 0.3 is 5.97 Å². The highest BCUT2D eigenvalue weighted by Crippen LogP contribution is 2.23. The average molecular weight is 325 g/mol. The quantitative estimate of drug-likeness (QED) is 0.815. The molecule has 6 nitrogen and oxygen atoms in total. The van der Waals surface area contributed by atoms with Gasteiger partial charge in [-0.2, -0.15) is 0 Å². The first-order chi connectivity index (χ1) is 9.15. The Labute approximate surface area is 121 Å². The first-order valence-corrected chi connectivity index (χ1v) is 7.38. The van der Waals surface area contributed by atoms with Crippen LogP contribution in [0.3, 0.4) is 0 Å². The van der Waals surface area contributed by atoms with Crippen LogP contribution in [0.1, 0.15) is 10.4 Å². The molecule has 0 amide bonds. The lowest BCUT2D eigenvalue weighted by atomic mass is 10.2. The van der Waals surface area contributed by atoms with Gasteiger partial charge in [0.15, 0.2) is 5.82 Å². The van der Waals surface area contributed by atoms with Crippen LogP contribution in [-0.4, -0.2) is 51.6 Å². The molecule has 0 saturated heterocycles. The molecule has 0 heterocycles. The minimum absolute atomic E-state index is 0.0592. The number of nitrogens with zero attached hydrogens (tertiary/aromatic N) is 1. The van der Waals surface area contributed by atoms with Crippen LogP contribution in [-0.2, 0) is 10.0 Å². The molecule has 20 heavy (non-hydrogen) atoms. The highest BCUT2D eigenvalue weighted by atomic mass is 35.5. The second-order valence-electron chi connectivity index (χ2n) is 4.27. The zero-order valence-corrected chi connectivity index (χ0v) is 12.4. The van der Waals surface area contributed by atoms with Gasteiger partial charge in [-0.1, -0.05) is 11.6 Å². The van der Waals surface area contributed by atoms with Gasteiger partial charge in [0.25, 0.3) is 0 Å². The van der Waals surface area contributed by atoms with Crippen LogP contribution in [0.5, 0.6) is 0 Å². The molecule has 0 radical (unpaired) electrons. The van der Waals surface area contributed by atoms with Crippen molar-refractivity contribution in [2.45, 2.75) is 4.90 Å². The molecule has 0 aliphatic rings. The van der Waals surface area contributed by atoms with Gasteiger partial charge in [-0.25, -0.2) is 22.3 Å². The molecule has 1 rings (SSSR count). The number of sulfonamides is 1. The summed E-state index contributed by atoms with van der Waals surface area (Å²) in [6.07, 6.45) is 0. The van der Waals surface area contributed by atoms with Crippen LogP contribution >= 0.6 is 11.6 Å². The predicted octanol–water partition coefficient (Wildman–Crippen LogP) is 1.02. The van der Waals surface area contributed by atoms with Crippen LogP contribution in [0, 0.1) is 5.82 Å². The molecule has 0 saturated carbocycles. The molecule has 1 aromatic rings. The largest absolute Gasteiger partial charge is 0.478 e. The molecule has 0 aliphatic carbocycles. The monoisotopic (exact) mass is 324 g/mol. The summed E-state index contributed by atoms with van der Waals surface area (Å²) < 4.78 is 40.0. The Morgan fingerprint density at radius 3 is 2.55 bits per heavy atom. The second-order valence-corrected chi connectivity index (χ2v) is 6.44. The first kappa shape index (κ1) is 16.8. The minimum atomic E-state index is -4.16. The number of hydrogen-bond donors (Lipinski definition) is 2. The van der Waals surface area contributed by atoms with Crippen molar-refractivity contribution in [1.82, 2.24) is 9.62 Å². The molecule has 0 fully saturated rings. The number of likely N-dealkylation sites (N-methyl/N-ethyl adjacent to an activating group) is 1. The number of carboxylic acids is 1. The summed E-state index contributed by atoms with van der Waals surface area (Å²) >= 11 is 5.63. The standard InChI is InChI=1S/C11H14ClFN2O4S/c1-15(2)4-3-14-20(18,19)9-6-7(12)5-8(10(9)13)11(16)17/h5-6,14H,3-4H2,1-2H3,(H,16,17). The highest BCUT2D eigenvalue weighted by molar-refractivity contribution is 7.89. The Morgan fingerprint density at radius 1 is 1.45 bits per heavy atom. The van der Waals surface area contributed by atoms with Crippen molar-refractivity contribution in [3.05, 3.63) is 28.5 Å². The number of aromatic carboxylic acids is 1. The van der Waals surface area contributed by atoms with Crippen molar-refractivity contribution in [1.29, 1.82) is 0 Å². The number of carboxylic acid groups (broad SMARTS) is 1. The molecule has 0 atom stereocenters. The maximum absolute atomic E-state index is 13.9. The zero-order chi connectivity index (χ0) is 15.5. The fourth-order valence-electron chi connectivity index (χ4n) is 1.40. The Kier molecular flexibility index (Phi) is 5.46. The molecular weight excluding hydrogens is 311 g/mol. The van der Waals surface area contributed by atoms with Crippen LogP contribution < -0.4 is 4.72 Å². The number of halogens is 2. The molecule has 1 aromatic carbocycles. The summed E-state index contributed by atoms with van der Waals surface area (Å²) in [5.74, 6) is -2.92. The smallest absolute Gasteiger partial charge is 0.338 e. The molecule has 0 bridgehead atoms. The maximum atomic E-state index is 13.9. The number of carbonyl (C=O) groups is 1. The minimum Gasteiger partial charge on any atom is -0.478 e. The Morgan fingerprint density at radius 2 is 2.05 bits per heavy atom. The van der Waals surface area contributed by atoms with Crippen molar-refractivity contribution in [2.75, 3.05) is 27.2 Å². The number of rotatable bonds is 6. The molecule has 9 heteroatoms. The SMILES string of the molecule is CN(C)CCNS(=O)(=O)c1cc(Cl)cc(C(=O)O)c1F. The van der Waals surface area contributed by atoms with E-state index in [1.165, 1.54) is 0 Å². The first-order valence-electron chi connectivity index (χ1n) is 5.52. The normalized spacial score (nSPS) is 11.8. The summed E-state index contributed by atoms with van der Waals surface area (Å²) in [4.78, 5) is 11.8. The fraction of sp³-hybridized carbons (Fsp3) is 0.364. The van der Waals surface area contributed by atoms with E-state index >= 15 is 0 Å². The molecule has 0 unspecified atom stereocenters. The molecule has 112 valence electrons. The van der Waals surface area contributed by atoms with Crippen LogP contribution in [0.15, 0.2) is 17.0 Å². The number of benzene rings is 1. The third-order valence-corrected chi connectivity index (χ3v) is 4.05. The van der Waals surface area contributed by atoms with E-state index in [2.05, 4.69) is 4.72 Å². The molecule has 0 spiro atoms. The van der Waals surface area contributed by atoms with Crippen molar-refractivity contribution in [3.63, 3.8) is 0 Å². The van der Waals surface area contributed by atoms with E-state index in [1.54, 1.807) is 19.0 Å². The zero-order valence-electron chi connectivity index (χ0n) is 10.9. The maximum Gasteiger partial charge on any atom is 0.338 e. The van der Waals surface area contributed by atoms with E-state index in [0.29, 0.717) is 6.54 Å². The molecule has 0 aliphatic heterocycles. The van der Waals surface area contributed by atoms with E-state index in [4.69, 9.17) is 16.7 Å². The van der Waals surface area contributed by atoms with Gasteiger partial charge in [-0.3, -0.25) is 0 Å². The summed E-state index contributed by atoms with van der Waals surface area (Å²) in [7, 11) is -0.671. The van der Waals surface area contributed by atoms with E-state index in [-0.39, 0.29) is 11.6 Å². The second kappa shape index (κ2) is 6.49. The van der Waals surface area contributed by atoms with Gasteiger partial charge in [0.05, 0.1) is 5.56 Å². The Hall–Kier alpha value is -1.22. The van der Waals surface area contributed by atoms with Crippen LogP contribution in [0.25, 0.3) is 0 Å². The highest BCUT2D eigenvalue weighted by Gasteiger charge is 2.24. The van der Waals surface area contributed by atoms with Crippen molar-refractivity contribution in [2.24, 2.45) is 0 Å². The summed E-state index contributed by atoms with van der Waals surface area (Å²) in [6.45, 7) is 0.469. The Bertz CT molecular complexity index is 619. The van der Waals surface area contributed by atoms with E-state index in [9.17, 15) is 17.6 Å². The van der Waals surface area contributed by atoms with Gasteiger partial charge in [-0.05, 0) is 26.2 Å². The fourth-order valence-corrected chi connectivity index (χ4v) is 2.82. The molecule has 0 aromatic heterocycles. The predicted molar refractivity (Wildman–Crippen MR) is 72.1 cm³/mol. The van der Waals surface area contributed by atoms with Gasteiger partial charge < -0.3 is 10.0 Å². The Balaban J connectivity index is 3.15. The van der Waals surface area contributed by atoms with E-state index in [1.807, 2.05) is 0 Å². The van der Waals surface area contributed by atoms with Gasteiger partial charge in [0.1, 0.15) is 4.90 Å². The summed E-state index contributed by atoms with van der Waals surface area (Å²) in [6, 6.07) is 1.74. The molecular formula is C11H14ClFN2O4S. The van der Waals surface area contributed by atoms with Crippen molar-refractivity contribution in [3.8, 4) is 0 Å². The summed E-state index contributed by atoms with van der Waals surface area (Å²) in [5.41, 5.74) is -0.787. The van der Waals surface area contributed by atoms with Gasteiger partial charge in [-0.15, -0.1) is 0 Å². The van der Waals surface area contributed by atoms with Gasteiger partial charge in [0, 0.05) is 18.1 Å². The van der Waals surface area contributed by atoms with Gasteiger partial charge in [0.2, 0.25) is 10.0 Å². The third-order valence-electron chi connectivity index (χ3n) is 2.38. The van der Waals surface area contributed by atoms with Crippen LogP contribution in [0.2, 0.25) is 5.02 Å². The number of hydrogen-bond acceptors (Lipinski definition) is 4. The van der Waals surface area contributed by atoms with Crippen LogP contribution in [0.4, 0.5) is 4.39 Å². The third kappa shape index (κ3) is 4.14. The lowest BCUT2D eigenvalue weighted by Crippen LogP contribution is -2.32. The lowest BCUT2D eigenvalue weighted by Gasteiger charge is -2.12. The molecule has 2 N–H and O–H groups in total. The topological polar surface area (TPSA) is 86.7 Å². The average Bonchev–Trinajstić information content (AvgIpc) is 2.30. The lowest BCUT2D eigenvalue weighted by molar-refractivity contribution is 0.0691. The van der Waals surface area contributed by atoms with Crippen molar-refractivity contribution < 1.29 is 22.7 Å².